The van der Waals surface area contributed by atoms with E-state index in [1.54, 1.807) is 30.3 Å². The molecule has 0 amide bonds. The predicted molar refractivity (Wildman–Crippen MR) is 90.0 cm³/mol. The van der Waals surface area contributed by atoms with Gasteiger partial charge in [0.1, 0.15) is 6.61 Å². The standard InChI is InChI=1S/C13H18N2O11S2/c1-9(16)13(14,11(17)23-7-10-5-3-2-4-6-10)12(18)24-8-27(19,20)25-26-28(15,21)22/h2-6,9,16H,7-8,14H2,1H3,(H2,15,21,22). The first-order chi connectivity index (χ1) is 12.8. The van der Waals surface area contributed by atoms with Crippen LogP contribution in [0.15, 0.2) is 30.3 Å². The molecule has 0 heterocycles. The van der Waals surface area contributed by atoms with E-state index in [0.717, 1.165) is 6.92 Å². The molecule has 0 fully saturated rings. The molecule has 15 heteroatoms. The highest BCUT2D eigenvalue weighted by Crippen LogP contribution is 2.15. The number of esters is 2. The van der Waals surface area contributed by atoms with Crippen molar-refractivity contribution in [3.05, 3.63) is 35.9 Å². The first-order valence-corrected chi connectivity index (χ1v) is 10.3. The van der Waals surface area contributed by atoms with E-state index in [4.69, 9.17) is 10.5 Å². The van der Waals surface area contributed by atoms with Crippen molar-refractivity contribution in [2.24, 2.45) is 10.9 Å². The molecule has 2 unspecified atom stereocenters. The molecule has 28 heavy (non-hydrogen) atoms. The molecular weight excluding hydrogens is 424 g/mol. The highest BCUT2D eigenvalue weighted by atomic mass is 32.2. The fourth-order valence-corrected chi connectivity index (χ4v) is 2.55. The van der Waals surface area contributed by atoms with Crippen molar-refractivity contribution in [2.45, 2.75) is 25.2 Å². The van der Waals surface area contributed by atoms with Crippen LogP contribution in [-0.4, -0.2) is 51.5 Å². The maximum absolute atomic E-state index is 12.2. The minimum absolute atomic E-state index is 0.289. The predicted octanol–water partition coefficient (Wildman–Crippen LogP) is -2.21. The molecule has 0 aliphatic heterocycles. The van der Waals surface area contributed by atoms with Crippen molar-refractivity contribution in [3.63, 3.8) is 0 Å². The van der Waals surface area contributed by atoms with Crippen molar-refractivity contribution in [1.82, 2.24) is 0 Å². The first-order valence-electron chi connectivity index (χ1n) is 7.26. The molecule has 2 atom stereocenters. The van der Waals surface area contributed by atoms with Gasteiger partial charge < -0.3 is 20.3 Å². The Balaban J connectivity index is 2.79. The molecule has 0 aliphatic carbocycles. The van der Waals surface area contributed by atoms with Crippen LogP contribution in [0.25, 0.3) is 0 Å². The number of hydrogen-bond acceptors (Lipinski definition) is 12. The summed E-state index contributed by atoms with van der Waals surface area (Å²) in [4.78, 5) is 24.3. The third-order valence-corrected chi connectivity index (χ3v) is 4.13. The largest absolute Gasteiger partial charge is 0.459 e. The van der Waals surface area contributed by atoms with Gasteiger partial charge in [-0.2, -0.15) is 16.8 Å². The van der Waals surface area contributed by atoms with Gasteiger partial charge in [0.25, 0.3) is 0 Å². The molecular formula is C13H18N2O11S2. The fourth-order valence-electron chi connectivity index (χ4n) is 1.61. The zero-order valence-corrected chi connectivity index (χ0v) is 16.0. The van der Waals surface area contributed by atoms with Gasteiger partial charge in [-0.25, -0.2) is 14.7 Å². The Labute approximate surface area is 160 Å². The Hall–Kier alpha value is -2.14. The summed E-state index contributed by atoms with van der Waals surface area (Å²) < 4.78 is 59.9. The smallest absolute Gasteiger partial charge is 0.360 e. The van der Waals surface area contributed by atoms with Gasteiger partial charge in [-0.15, -0.1) is 0 Å². The average molecular weight is 442 g/mol. The van der Waals surface area contributed by atoms with Gasteiger partial charge in [-0.1, -0.05) is 39.0 Å². The lowest BCUT2D eigenvalue weighted by atomic mass is 9.95. The second kappa shape index (κ2) is 9.37. The lowest BCUT2D eigenvalue weighted by molar-refractivity contribution is -0.170. The summed E-state index contributed by atoms with van der Waals surface area (Å²) in [5.74, 6) is -4.67. The first kappa shape index (κ1) is 23.9. The van der Waals surface area contributed by atoms with E-state index >= 15 is 0 Å². The number of aliphatic hydroxyl groups excluding tert-OH is 1. The van der Waals surface area contributed by atoms with Crippen LogP contribution in [0.3, 0.4) is 0 Å². The summed E-state index contributed by atoms with van der Waals surface area (Å²) in [7, 11) is -9.66. The number of ether oxygens (including phenoxy) is 2. The Kier molecular flexibility index (Phi) is 8.00. The summed E-state index contributed by atoms with van der Waals surface area (Å²) >= 11 is 0. The highest BCUT2D eigenvalue weighted by Gasteiger charge is 2.50. The van der Waals surface area contributed by atoms with Gasteiger partial charge in [0.15, 0.2) is 0 Å². The second-order valence-electron chi connectivity index (χ2n) is 5.34. The van der Waals surface area contributed by atoms with Crippen LogP contribution >= 0.6 is 0 Å². The second-order valence-corrected chi connectivity index (χ2v) is 7.95. The summed E-state index contributed by atoms with van der Waals surface area (Å²) in [6.45, 7) is 0.683. The lowest BCUT2D eigenvalue weighted by Gasteiger charge is -2.27. The molecule has 0 spiro atoms. The third-order valence-electron chi connectivity index (χ3n) is 3.11. The van der Waals surface area contributed by atoms with E-state index in [2.05, 4.69) is 18.5 Å². The molecule has 1 rings (SSSR count). The summed E-state index contributed by atoms with van der Waals surface area (Å²) in [5, 5.41) is 14.1. The van der Waals surface area contributed by atoms with Gasteiger partial charge in [0, 0.05) is 0 Å². The van der Waals surface area contributed by atoms with Crippen molar-refractivity contribution in [1.29, 1.82) is 0 Å². The van der Waals surface area contributed by atoms with E-state index in [1.165, 1.54) is 0 Å². The van der Waals surface area contributed by atoms with Gasteiger partial charge in [0.2, 0.25) is 11.5 Å². The number of nitrogens with two attached hydrogens (primary N) is 2. The quantitative estimate of drug-likeness (QED) is 0.152. The van der Waals surface area contributed by atoms with Crippen LogP contribution in [-0.2, 0) is 54.8 Å². The van der Waals surface area contributed by atoms with Gasteiger partial charge >= 0.3 is 32.4 Å². The molecule has 0 bridgehead atoms. The lowest BCUT2D eigenvalue weighted by Crippen LogP contribution is -2.63. The van der Waals surface area contributed by atoms with Gasteiger partial charge in [0.05, 0.1) is 6.10 Å². The number of carbonyl (C=O) groups is 2. The Morgan fingerprint density at radius 3 is 2.11 bits per heavy atom. The SMILES string of the molecule is CC(O)C(N)(C(=O)OCc1ccccc1)C(=O)OCS(=O)(=O)OOS(N)(=O)=O. The molecule has 0 saturated heterocycles. The summed E-state index contributed by atoms with van der Waals surface area (Å²) in [5.41, 5.74) is 3.36. The van der Waals surface area contributed by atoms with Gasteiger partial charge in [-0.05, 0) is 12.5 Å². The number of rotatable bonds is 10. The Morgan fingerprint density at radius 2 is 1.61 bits per heavy atom. The van der Waals surface area contributed by atoms with E-state index in [-0.39, 0.29) is 6.61 Å². The maximum atomic E-state index is 12.2. The minimum atomic E-state index is -4.89. The molecule has 0 aromatic heterocycles. The van der Waals surface area contributed by atoms with Crippen molar-refractivity contribution in [2.75, 3.05) is 5.94 Å². The molecule has 0 saturated carbocycles. The molecule has 0 aliphatic rings. The van der Waals surface area contributed by atoms with Crippen molar-refractivity contribution in [3.8, 4) is 0 Å². The van der Waals surface area contributed by atoms with Crippen LogP contribution in [0.5, 0.6) is 0 Å². The van der Waals surface area contributed by atoms with Gasteiger partial charge in [-0.3, -0.25) is 0 Å². The maximum Gasteiger partial charge on any atom is 0.360 e. The van der Waals surface area contributed by atoms with E-state index in [1.807, 2.05) is 0 Å². The number of benzene rings is 1. The van der Waals surface area contributed by atoms with Crippen LogP contribution < -0.4 is 10.9 Å². The summed E-state index contributed by atoms with van der Waals surface area (Å²) in [6.07, 6.45) is -1.84. The number of aliphatic hydroxyl groups is 1. The van der Waals surface area contributed by atoms with Crippen LogP contribution in [0.4, 0.5) is 0 Å². The van der Waals surface area contributed by atoms with Crippen LogP contribution in [0, 0.1) is 0 Å². The van der Waals surface area contributed by atoms with E-state index in [0.29, 0.717) is 5.56 Å². The molecule has 5 N–H and O–H groups in total. The van der Waals surface area contributed by atoms with E-state index < -0.39 is 49.9 Å². The normalized spacial score (nSPS) is 15.3. The summed E-state index contributed by atoms with van der Waals surface area (Å²) in [6, 6.07) is 8.27. The Bertz CT molecular complexity index is 900. The van der Waals surface area contributed by atoms with Crippen LogP contribution in [0.2, 0.25) is 0 Å². The molecule has 1 aromatic carbocycles. The molecule has 1 aromatic rings. The molecule has 0 radical (unpaired) electrons. The fraction of sp³-hybridized carbons (Fsp3) is 0.385. The topological polar surface area (TPSA) is 212 Å². The number of hydrogen-bond donors (Lipinski definition) is 3. The molecule has 158 valence electrons. The monoisotopic (exact) mass is 442 g/mol. The zero-order chi connectivity index (χ0) is 21.6. The van der Waals surface area contributed by atoms with E-state index in [9.17, 15) is 31.5 Å². The Morgan fingerprint density at radius 1 is 1.07 bits per heavy atom. The number of carbonyl (C=O) groups excluding carboxylic acids is 2. The van der Waals surface area contributed by atoms with Crippen molar-refractivity contribution >= 4 is 32.4 Å². The minimum Gasteiger partial charge on any atom is -0.459 e. The molecule has 13 nitrogen and oxygen atoms in total. The third kappa shape index (κ3) is 7.12. The average Bonchev–Trinajstić information content (AvgIpc) is 2.62. The zero-order valence-electron chi connectivity index (χ0n) is 14.4. The van der Waals surface area contributed by atoms with Crippen molar-refractivity contribution < 1.29 is 49.7 Å². The van der Waals surface area contributed by atoms with Crippen LogP contribution in [0.1, 0.15) is 12.5 Å². The highest BCUT2D eigenvalue weighted by molar-refractivity contribution is 7.87.